The van der Waals surface area contributed by atoms with Crippen LogP contribution in [0.5, 0.6) is 0 Å². The molecule has 0 amide bonds. The van der Waals surface area contributed by atoms with Crippen molar-refractivity contribution in [1.82, 2.24) is 9.36 Å². The number of hydrogen-bond donors (Lipinski definition) is 1. The van der Waals surface area contributed by atoms with E-state index >= 15 is 0 Å². The summed E-state index contributed by atoms with van der Waals surface area (Å²) in [4.78, 5) is 12.8. The summed E-state index contributed by atoms with van der Waals surface area (Å²) in [6.07, 6.45) is 0. The maximum Gasteiger partial charge on any atom is 0.286 e. The van der Waals surface area contributed by atoms with Crippen LogP contribution in [0.3, 0.4) is 0 Å². The Morgan fingerprint density at radius 3 is 2.38 bits per heavy atom. The Balaban J connectivity index is 2.72. The van der Waals surface area contributed by atoms with Crippen LogP contribution in [-0.2, 0) is 7.05 Å². The first-order valence-electron chi connectivity index (χ1n) is 4.82. The van der Waals surface area contributed by atoms with Gasteiger partial charge in [0.15, 0.2) is 0 Å². The van der Waals surface area contributed by atoms with Crippen LogP contribution in [0.25, 0.3) is 5.69 Å². The number of thiol groups is 1. The third kappa shape index (κ3) is 1.70. The van der Waals surface area contributed by atoms with Gasteiger partial charge < -0.3 is 0 Å². The molecule has 2 rings (SSSR count). The third-order valence-corrected chi connectivity index (χ3v) is 3.79. The highest BCUT2D eigenvalue weighted by atomic mass is 33.1. The monoisotopic (exact) mass is 252 g/mol. The predicted octanol–water partition coefficient (Wildman–Crippen LogP) is 2.42. The van der Waals surface area contributed by atoms with Crippen molar-refractivity contribution in [3.05, 3.63) is 46.4 Å². The van der Waals surface area contributed by atoms with Gasteiger partial charge in [-0.25, -0.2) is 4.68 Å². The summed E-state index contributed by atoms with van der Waals surface area (Å²) in [7, 11) is 3.06. The fourth-order valence-corrected chi connectivity index (χ4v) is 2.71. The summed E-state index contributed by atoms with van der Waals surface area (Å²) < 4.78 is 3.49. The van der Waals surface area contributed by atoms with E-state index in [1.165, 1.54) is 10.8 Å². The summed E-state index contributed by atoms with van der Waals surface area (Å²) in [6.45, 7) is 1.92. The molecule has 0 aliphatic heterocycles. The lowest BCUT2D eigenvalue weighted by Gasteiger charge is -2.07. The number of para-hydroxylation sites is 1. The Morgan fingerprint density at radius 2 is 1.88 bits per heavy atom. The lowest BCUT2D eigenvalue weighted by Crippen LogP contribution is -2.19. The highest BCUT2D eigenvalue weighted by Crippen LogP contribution is 2.22. The maximum absolute atomic E-state index is 12.1. The van der Waals surface area contributed by atoms with Crippen molar-refractivity contribution in [2.24, 2.45) is 7.05 Å². The number of rotatable bonds is 2. The molecule has 0 saturated heterocycles. The molecule has 0 radical (unpaired) electrons. The summed E-state index contributed by atoms with van der Waals surface area (Å²) >= 11 is 4.11. The average molecular weight is 252 g/mol. The van der Waals surface area contributed by atoms with Crippen molar-refractivity contribution in [2.45, 2.75) is 11.8 Å². The van der Waals surface area contributed by atoms with Crippen LogP contribution in [0.1, 0.15) is 5.69 Å². The van der Waals surface area contributed by atoms with Crippen LogP contribution in [0.2, 0.25) is 0 Å². The first kappa shape index (κ1) is 11.4. The van der Waals surface area contributed by atoms with Crippen molar-refractivity contribution >= 4 is 22.5 Å². The quantitative estimate of drug-likeness (QED) is 0.656. The minimum absolute atomic E-state index is 0.0220. The predicted molar refractivity (Wildman–Crippen MR) is 70.6 cm³/mol. The van der Waals surface area contributed by atoms with Crippen LogP contribution < -0.4 is 5.56 Å². The minimum atomic E-state index is -0.0220. The fourth-order valence-electron chi connectivity index (χ4n) is 1.65. The van der Waals surface area contributed by atoms with Crippen molar-refractivity contribution < 1.29 is 0 Å². The molecule has 0 saturated carbocycles. The summed E-state index contributed by atoms with van der Waals surface area (Å²) in [5, 5.41) is 0. The second-order valence-electron chi connectivity index (χ2n) is 3.48. The Morgan fingerprint density at radius 1 is 1.25 bits per heavy atom. The maximum atomic E-state index is 12.1. The van der Waals surface area contributed by atoms with Gasteiger partial charge in [-0.1, -0.05) is 29.0 Å². The van der Waals surface area contributed by atoms with Gasteiger partial charge >= 0.3 is 0 Å². The van der Waals surface area contributed by atoms with E-state index in [0.717, 1.165) is 11.4 Å². The number of nitrogens with zero attached hydrogens (tertiary/aromatic N) is 2. The Kier molecular flexibility index (Phi) is 3.16. The molecule has 16 heavy (non-hydrogen) atoms. The molecule has 0 aliphatic rings. The van der Waals surface area contributed by atoms with Gasteiger partial charge in [0.2, 0.25) is 0 Å². The molecule has 0 aliphatic carbocycles. The number of hydrogen-bond acceptors (Lipinski definition) is 3. The van der Waals surface area contributed by atoms with Crippen LogP contribution in [0, 0.1) is 6.92 Å². The smallest absolute Gasteiger partial charge is 0.284 e. The van der Waals surface area contributed by atoms with Gasteiger partial charge in [0, 0.05) is 7.05 Å². The molecule has 2 aromatic rings. The van der Waals surface area contributed by atoms with Gasteiger partial charge in [-0.3, -0.25) is 9.48 Å². The molecule has 0 fully saturated rings. The van der Waals surface area contributed by atoms with E-state index in [0.29, 0.717) is 4.90 Å². The van der Waals surface area contributed by atoms with Gasteiger partial charge in [-0.05, 0) is 19.1 Å². The highest BCUT2D eigenvalue weighted by molar-refractivity contribution is 8.68. The zero-order valence-electron chi connectivity index (χ0n) is 9.04. The molecule has 84 valence electrons. The summed E-state index contributed by atoms with van der Waals surface area (Å²) in [6, 6.07) is 9.58. The molecule has 0 bridgehead atoms. The number of benzene rings is 1. The molecule has 1 heterocycles. The molecule has 0 atom stereocenters. The standard InChI is InChI=1S/C11H12N2OS2/c1-8-10(16-15)11(14)13(12(8)2)9-6-4-3-5-7-9/h3-7,15H,1-2H3. The van der Waals surface area contributed by atoms with E-state index in [-0.39, 0.29) is 5.56 Å². The lowest BCUT2D eigenvalue weighted by atomic mass is 10.3. The van der Waals surface area contributed by atoms with E-state index in [1.807, 2.05) is 49.0 Å². The Hall–Kier alpha value is -1.07. The van der Waals surface area contributed by atoms with Crippen LogP contribution >= 0.6 is 22.5 Å². The molecule has 1 aromatic heterocycles. The van der Waals surface area contributed by atoms with Gasteiger partial charge in [-0.15, -0.1) is 11.7 Å². The molecule has 0 N–H and O–H groups in total. The zero-order chi connectivity index (χ0) is 11.7. The topological polar surface area (TPSA) is 26.9 Å². The van der Waals surface area contributed by atoms with E-state index in [1.54, 1.807) is 4.68 Å². The first-order chi connectivity index (χ1) is 7.66. The largest absolute Gasteiger partial charge is 0.286 e. The zero-order valence-corrected chi connectivity index (χ0v) is 10.8. The number of aromatic nitrogens is 2. The average Bonchev–Trinajstić information content (AvgIpc) is 2.51. The third-order valence-electron chi connectivity index (χ3n) is 2.59. The summed E-state index contributed by atoms with van der Waals surface area (Å²) in [5.41, 5.74) is 1.77. The van der Waals surface area contributed by atoms with Crippen molar-refractivity contribution in [2.75, 3.05) is 0 Å². The van der Waals surface area contributed by atoms with Gasteiger partial charge in [0.1, 0.15) is 4.90 Å². The molecule has 5 heteroatoms. The van der Waals surface area contributed by atoms with Crippen molar-refractivity contribution in [3.63, 3.8) is 0 Å². The summed E-state index contributed by atoms with van der Waals surface area (Å²) in [5.74, 6) is 0. The molecule has 0 spiro atoms. The van der Waals surface area contributed by atoms with Crippen LogP contribution in [0.15, 0.2) is 40.0 Å². The molecular weight excluding hydrogens is 240 g/mol. The van der Waals surface area contributed by atoms with Gasteiger partial charge in [-0.2, -0.15) is 0 Å². The minimum Gasteiger partial charge on any atom is -0.284 e. The SMILES string of the molecule is Cc1c(SS)c(=O)n(-c2ccccc2)n1C. The van der Waals surface area contributed by atoms with Crippen LogP contribution in [-0.4, -0.2) is 9.36 Å². The lowest BCUT2D eigenvalue weighted by molar-refractivity contribution is 0.630. The Labute approximate surface area is 103 Å². The second kappa shape index (κ2) is 4.43. The molecule has 3 nitrogen and oxygen atoms in total. The molecule has 1 aromatic carbocycles. The second-order valence-corrected chi connectivity index (χ2v) is 4.62. The fraction of sp³-hybridized carbons (Fsp3) is 0.182. The molecule has 0 unspecified atom stereocenters. The van der Waals surface area contributed by atoms with Gasteiger partial charge in [0.25, 0.3) is 5.56 Å². The Bertz CT molecular complexity index is 557. The van der Waals surface area contributed by atoms with E-state index < -0.39 is 0 Å². The first-order valence-corrected chi connectivity index (χ1v) is 6.69. The normalized spacial score (nSPS) is 10.7. The van der Waals surface area contributed by atoms with Crippen LogP contribution in [0.4, 0.5) is 0 Å². The highest BCUT2D eigenvalue weighted by Gasteiger charge is 2.14. The van der Waals surface area contributed by atoms with E-state index in [4.69, 9.17) is 0 Å². The van der Waals surface area contributed by atoms with E-state index in [2.05, 4.69) is 11.7 Å². The van der Waals surface area contributed by atoms with Crippen molar-refractivity contribution in [3.8, 4) is 5.69 Å². The molecular formula is C11H12N2OS2. The van der Waals surface area contributed by atoms with E-state index in [9.17, 15) is 4.79 Å². The van der Waals surface area contributed by atoms with Gasteiger partial charge in [0.05, 0.1) is 11.4 Å². The van der Waals surface area contributed by atoms with Crippen molar-refractivity contribution in [1.29, 1.82) is 0 Å².